The lowest BCUT2D eigenvalue weighted by atomic mass is 9.77. The quantitative estimate of drug-likeness (QED) is 0.0277. The number of ketones is 4. The summed E-state index contributed by atoms with van der Waals surface area (Å²) in [5, 5.41) is 11.4. The number of carbonyl (C=O) groups excluding carboxylic acids is 8. The van der Waals surface area contributed by atoms with E-state index in [-0.39, 0.29) is 115 Å². The highest BCUT2D eigenvalue weighted by Crippen LogP contribution is 2.41. The number of thiophene rings is 4. The van der Waals surface area contributed by atoms with E-state index in [1.807, 2.05) is 154 Å². The van der Waals surface area contributed by atoms with Gasteiger partial charge in [-0.05, 0) is 239 Å². The Bertz CT molecular complexity index is 6570. The number of hydrogen-bond acceptors (Lipinski definition) is 26. The van der Waals surface area contributed by atoms with Crippen molar-refractivity contribution in [1.82, 2.24) is 89.3 Å². The van der Waals surface area contributed by atoms with Gasteiger partial charge in [0.1, 0.15) is 23.3 Å². The zero-order valence-electron chi connectivity index (χ0n) is 86.1. The molecular weight excluding hydrogens is 1970 g/mol. The lowest BCUT2D eigenvalue weighted by Crippen LogP contribution is -2.54. The van der Waals surface area contributed by atoms with Gasteiger partial charge >= 0.3 is 24.1 Å². The number of halogens is 2. The van der Waals surface area contributed by atoms with Gasteiger partial charge in [0.15, 0.2) is 23.1 Å². The Kier molecular flexibility index (Phi) is 35.8. The number of carbonyl (C=O) groups is 8. The number of rotatable bonds is 24. The van der Waals surface area contributed by atoms with Crippen molar-refractivity contribution < 1.29 is 47.1 Å². The van der Waals surface area contributed by atoms with Crippen molar-refractivity contribution in [2.75, 3.05) is 161 Å². The summed E-state index contributed by atoms with van der Waals surface area (Å²) in [5.41, 5.74) is 36.4. The smallest absolute Gasteiger partial charge is 0.320 e. The van der Waals surface area contributed by atoms with Crippen molar-refractivity contribution in [2.24, 2.45) is 22.2 Å². The molecule has 4 aromatic carbocycles. The first-order chi connectivity index (χ1) is 72.4. The molecule has 8 fully saturated rings. The molecule has 36 heteroatoms. The Morgan fingerprint density at radius 3 is 0.873 bits per heavy atom. The lowest BCUT2D eigenvalue weighted by Gasteiger charge is -2.42. The number of piperidine rings is 6. The molecule has 20 rings (SSSR count). The molecule has 8 amide bonds. The van der Waals surface area contributed by atoms with Gasteiger partial charge < -0.3 is 72.4 Å². The standard InChI is InChI=1S/C29H33F2N5O2S.C29H36N6O2S.C28H34N6O2S.C28H33N5O2S/c1-28(6-10-35(11-7-28)27(38)36-12-8-29(30,31)9-13-36)17-26-33-18-22(19-34-26)24(37)16-21-15-20(4-5-23(21)32)25-3-2-14-39-25;1-29(7-9-34(10-8-29)28(37)35-13-11-33(2)12-14-35)18-27-31-19-23(20-32-27)25(36)17-22-16-21(5-6-24(22)30)26-4-3-15-38-26;1-28(6-10-33(11-7-28)27(36)34-12-8-30-9-13-34)17-26-31-18-22(19-32-26)24(35)16-21-15-20(4-5-23(21)29)25-3-2-14-37-25;29-24-7-6-21(26-5-4-14-36-26)16-22(24)17-25(34)23-18-30-27(31-19-23)15-20-8-12-33(13-9-20)28(35)32-10-2-1-3-11-32/h2-5,14-15,18-19H,6-13,16-17,32H2,1H3;3-6,15-16,19-20H,7-14,17-18,30H2,1-2H3;2-5,14-15,18-19,30H,6-13,16-17,29H2,1H3;4-7,14,16,18-20H,1-3,8-13,15,17,29H2. The molecule has 788 valence electrons. The van der Waals surface area contributed by atoms with Gasteiger partial charge in [-0.15, -0.1) is 45.3 Å². The summed E-state index contributed by atoms with van der Waals surface area (Å²) in [7, 11) is 2.10. The maximum Gasteiger partial charge on any atom is 0.320 e. The van der Waals surface area contributed by atoms with Crippen LogP contribution in [0, 0.1) is 22.2 Å². The minimum Gasteiger partial charge on any atom is -0.398 e. The number of nitrogens with two attached hydrogens (primary N) is 4. The van der Waals surface area contributed by atoms with Gasteiger partial charge in [-0.2, -0.15) is 0 Å². The molecule has 0 spiro atoms. The molecule has 8 aliphatic rings. The molecule has 16 heterocycles. The van der Waals surface area contributed by atoms with Crippen LogP contribution in [0.25, 0.3) is 41.8 Å². The van der Waals surface area contributed by atoms with Crippen LogP contribution >= 0.6 is 45.3 Å². The summed E-state index contributed by atoms with van der Waals surface area (Å²) in [6.45, 7) is 21.1. The number of Topliss-reactive ketones (excluding diaryl/α,β-unsaturated/α-hetero) is 4. The molecule has 0 saturated carbocycles. The largest absolute Gasteiger partial charge is 0.398 e. The summed E-state index contributed by atoms with van der Waals surface area (Å²) in [4.78, 5) is 161. The van der Waals surface area contributed by atoms with Crippen molar-refractivity contribution >= 4 is 115 Å². The van der Waals surface area contributed by atoms with E-state index in [4.69, 9.17) is 22.9 Å². The fraction of sp³-hybridized carbons (Fsp3) is 0.439. The van der Waals surface area contributed by atoms with Gasteiger partial charge in [0.25, 0.3) is 5.92 Å². The van der Waals surface area contributed by atoms with Crippen LogP contribution in [0.5, 0.6) is 0 Å². The van der Waals surface area contributed by atoms with E-state index in [9.17, 15) is 47.1 Å². The molecule has 0 bridgehead atoms. The van der Waals surface area contributed by atoms with Crippen molar-refractivity contribution in [3.05, 3.63) is 260 Å². The average Bonchev–Trinajstić information content (AvgIpc) is 1.02. The lowest BCUT2D eigenvalue weighted by molar-refractivity contribution is -0.0499. The maximum atomic E-state index is 13.5. The number of aromatic nitrogens is 8. The molecule has 9 N–H and O–H groups in total. The number of amides is 8. The zero-order valence-corrected chi connectivity index (χ0v) is 89.4. The fourth-order valence-electron chi connectivity index (χ4n) is 20.6. The Labute approximate surface area is 892 Å². The third kappa shape index (κ3) is 28.7. The van der Waals surface area contributed by atoms with E-state index in [1.54, 1.807) is 105 Å². The van der Waals surface area contributed by atoms with E-state index in [0.717, 1.165) is 270 Å². The van der Waals surface area contributed by atoms with Gasteiger partial charge in [-0.3, -0.25) is 19.2 Å². The van der Waals surface area contributed by atoms with Crippen LogP contribution in [-0.4, -0.2) is 275 Å². The second-order valence-electron chi connectivity index (χ2n) is 42.1. The van der Waals surface area contributed by atoms with Gasteiger partial charge in [0, 0.05) is 287 Å². The number of nitrogens with one attached hydrogen (secondary N) is 1. The Morgan fingerprint density at radius 1 is 0.327 bits per heavy atom. The number of hydrogen-bond donors (Lipinski definition) is 5. The summed E-state index contributed by atoms with van der Waals surface area (Å²) < 4.78 is 26.9. The molecule has 0 radical (unpaired) electrons. The minimum absolute atomic E-state index is 0.0289. The van der Waals surface area contributed by atoms with Crippen LogP contribution in [0.4, 0.5) is 50.7 Å². The van der Waals surface area contributed by atoms with Crippen LogP contribution in [0.3, 0.4) is 0 Å². The van der Waals surface area contributed by atoms with Gasteiger partial charge in [-0.25, -0.2) is 67.8 Å². The molecule has 150 heavy (non-hydrogen) atoms. The Balaban J connectivity index is 0.000000136. The monoisotopic (exact) mass is 2110 g/mol. The summed E-state index contributed by atoms with van der Waals surface area (Å²) in [6.07, 6.45) is 26.7. The van der Waals surface area contributed by atoms with Gasteiger partial charge in [0.2, 0.25) is 0 Å². The molecule has 8 aliphatic heterocycles. The van der Waals surface area contributed by atoms with Crippen LogP contribution in [0.1, 0.15) is 191 Å². The van der Waals surface area contributed by atoms with Crippen molar-refractivity contribution in [1.29, 1.82) is 0 Å². The van der Waals surface area contributed by atoms with E-state index in [1.165, 1.54) is 6.42 Å². The van der Waals surface area contributed by atoms with Crippen molar-refractivity contribution in [3.8, 4) is 41.8 Å². The topological polar surface area (TPSA) is 385 Å². The minimum atomic E-state index is -2.67. The number of anilines is 4. The first-order valence-electron chi connectivity index (χ1n) is 52.4. The predicted molar refractivity (Wildman–Crippen MR) is 589 cm³/mol. The van der Waals surface area contributed by atoms with Crippen LogP contribution in [0.15, 0.2) is 192 Å². The number of likely N-dealkylation sites (N-methyl/N-ethyl adjacent to an activating group) is 1. The molecule has 8 aromatic heterocycles. The number of urea groups is 4. The van der Waals surface area contributed by atoms with Gasteiger partial charge in [0.05, 0.1) is 22.3 Å². The number of likely N-dealkylation sites (tertiary alicyclic amines) is 6. The number of nitrogens with zero attached hydrogens (tertiary/aromatic N) is 17. The molecule has 0 atom stereocenters. The maximum absolute atomic E-state index is 13.5. The van der Waals surface area contributed by atoms with E-state index >= 15 is 0 Å². The highest BCUT2D eigenvalue weighted by molar-refractivity contribution is 7.14. The Morgan fingerprint density at radius 2 is 0.587 bits per heavy atom. The molecule has 12 aromatic rings. The second-order valence-corrected chi connectivity index (χ2v) is 45.9. The normalized spacial score (nSPS) is 17.7. The summed E-state index contributed by atoms with van der Waals surface area (Å²) in [5.74, 6) is 0.448. The molecular formula is C114H136F2N22O8S4. The Hall–Kier alpha value is -13.3. The molecule has 8 saturated heterocycles. The molecule has 0 aliphatic carbocycles. The third-order valence-corrected chi connectivity index (χ3v) is 34.4. The van der Waals surface area contributed by atoms with Gasteiger partial charge in [-0.1, -0.05) is 69.3 Å². The fourth-order valence-corrected chi connectivity index (χ4v) is 23.5. The average molecular weight is 2110 g/mol. The third-order valence-electron chi connectivity index (χ3n) is 30.7. The number of benzene rings is 4. The highest BCUT2D eigenvalue weighted by Gasteiger charge is 2.42. The van der Waals surface area contributed by atoms with Crippen molar-refractivity contribution in [3.63, 3.8) is 0 Å². The first-order valence-corrected chi connectivity index (χ1v) is 55.9. The molecule has 30 nitrogen and oxygen atoms in total. The second kappa shape index (κ2) is 49.7. The van der Waals surface area contributed by atoms with Crippen LogP contribution in [0.2, 0.25) is 0 Å². The van der Waals surface area contributed by atoms with Crippen LogP contribution < -0.4 is 28.3 Å². The first kappa shape index (κ1) is 108. The zero-order chi connectivity index (χ0) is 105. The van der Waals surface area contributed by atoms with E-state index in [2.05, 4.69) is 96.1 Å². The van der Waals surface area contributed by atoms with Crippen molar-refractivity contribution in [2.45, 2.75) is 162 Å². The number of piperazine rings is 2. The predicted octanol–water partition coefficient (Wildman–Crippen LogP) is 18.9. The van der Waals surface area contributed by atoms with E-state index in [0.29, 0.717) is 76.3 Å². The van der Waals surface area contributed by atoms with E-state index < -0.39 is 5.92 Å². The summed E-state index contributed by atoms with van der Waals surface area (Å²) >= 11 is 6.62. The van der Waals surface area contributed by atoms with Crippen LogP contribution in [-0.2, 0) is 51.4 Å². The number of nitrogen functional groups attached to an aromatic ring is 4. The summed E-state index contributed by atoms with van der Waals surface area (Å²) in [6, 6.07) is 39.9. The number of alkyl halides is 2. The highest BCUT2D eigenvalue weighted by atomic mass is 32.1. The SMILES string of the molecule is CC1(Cc2ncc(C(=O)Cc3cc(-c4cccs4)ccc3N)cn2)CCN(C(=O)N2CCC(F)(F)CC2)CC1.CC1(Cc2ncc(C(=O)Cc3cc(-c4cccs4)ccc3N)cn2)CCN(C(=O)N2CCNCC2)CC1.CN1CCN(C(=O)N2CCC(C)(Cc3ncc(C(=O)Cc4cc(-c5cccs5)ccc4N)cn3)CC2)CC1.Nc1ccc(-c2cccs2)cc1CC(=O)c1cnc(CC2CCN(C(=O)N3CCCCC3)CC2)nc1. The molecule has 0 unspecified atom stereocenters.